The molecule has 3 heterocycles. The first-order valence-corrected chi connectivity index (χ1v) is 7.83. The van der Waals surface area contributed by atoms with Gasteiger partial charge in [-0.05, 0) is 19.4 Å². The van der Waals surface area contributed by atoms with Crippen LogP contribution < -0.4 is 10.2 Å². The lowest BCUT2D eigenvalue weighted by molar-refractivity contribution is -0.169. The minimum absolute atomic E-state index is 0.332. The summed E-state index contributed by atoms with van der Waals surface area (Å²) in [5.74, 6) is 1.35. The molecule has 1 atom stereocenters. The predicted octanol–water partition coefficient (Wildman–Crippen LogP) is 2.03. The van der Waals surface area contributed by atoms with Gasteiger partial charge in [0.15, 0.2) is 5.79 Å². The van der Waals surface area contributed by atoms with Crippen molar-refractivity contribution < 1.29 is 9.47 Å². The van der Waals surface area contributed by atoms with Gasteiger partial charge in [-0.25, -0.2) is 4.98 Å². The topological polar surface area (TPSA) is 59.5 Å². The summed E-state index contributed by atoms with van der Waals surface area (Å²) in [6.07, 6.45) is 4.66. The highest BCUT2D eigenvalue weighted by molar-refractivity contribution is 5.43. The van der Waals surface area contributed by atoms with Crippen molar-refractivity contribution >= 4 is 11.8 Å². The van der Waals surface area contributed by atoms with Gasteiger partial charge >= 0.3 is 0 Å². The van der Waals surface area contributed by atoms with Gasteiger partial charge in [0, 0.05) is 38.2 Å². The molecule has 21 heavy (non-hydrogen) atoms. The number of aromatic nitrogens is 2. The van der Waals surface area contributed by atoms with E-state index in [9.17, 15) is 0 Å². The highest BCUT2D eigenvalue weighted by Gasteiger charge is 2.40. The molecule has 2 aliphatic rings. The third-order valence-electron chi connectivity index (χ3n) is 4.29. The molecule has 1 aromatic rings. The molecule has 6 nitrogen and oxygen atoms in total. The molecule has 0 aliphatic carbocycles. The van der Waals surface area contributed by atoms with Crippen LogP contribution in [-0.2, 0) is 9.47 Å². The number of piperidine rings is 1. The van der Waals surface area contributed by atoms with E-state index in [1.54, 1.807) is 0 Å². The second-order valence-corrected chi connectivity index (χ2v) is 5.79. The van der Waals surface area contributed by atoms with Gasteiger partial charge in [-0.1, -0.05) is 6.92 Å². The summed E-state index contributed by atoms with van der Waals surface area (Å²) in [5.41, 5.74) is 0. The fourth-order valence-corrected chi connectivity index (χ4v) is 2.78. The summed E-state index contributed by atoms with van der Waals surface area (Å²) >= 11 is 0. The minimum atomic E-state index is -0.332. The van der Waals surface area contributed by atoms with Crippen LogP contribution in [-0.4, -0.2) is 48.1 Å². The molecule has 0 aromatic carbocycles. The molecule has 0 saturated carbocycles. The second kappa shape index (κ2) is 6.15. The van der Waals surface area contributed by atoms with Crippen LogP contribution in [0, 0.1) is 0 Å². The summed E-state index contributed by atoms with van der Waals surface area (Å²) in [5, 5.41) is 3.32. The second-order valence-electron chi connectivity index (χ2n) is 5.79. The monoisotopic (exact) mass is 292 g/mol. The molecule has 2 saturated heterocycles. The standard InChI is InChI=1S/C15H24N4O2/c1-3-12(2)17-14-16-7-4-13(18-14)19-8-5-15(6-9-19)20-10-11-21-15/h4,7,12H,3,5-6,8-11H2,1-2H3,(H,16,17,18). The molecule has 1 N–H and O–H groups in total. The lowest BCUT2D eigenvalue weighted by Crippen LogP contribution is -2.45. The summed E-state index contributed by atoms with van der Waals surface area (Å²) in [6, 6.07) is 2.35. The van der Waals surface area contributed by atoms with E-state index in [0.717, 1.165) is 51.4 Å². The van der Waals surface area contributed by atoms with E-state index in [0.29, 0.717) is 12.0 Å². The summed E-state index contributed by atoms with van der Waals surface area (Å²) in [4.78, 5) is 11.2. The zero-order valence-corrected chi connectivity index (χ0v) is 12.8. The number of nitrogens with one attached hydrogen (secondary N) is 1. The van der Waals surface area contributed by atoms with Crippen LogP contribution in [0.1, 0.15) is 33.1 Å². The minimum Gasteiger partial charge on any atom is -0.356 e. The molecule has 3 rings (SSSR count). The Morgan fingerprint density at radius 1 is 1.33 bits per heavy atom. The van der Waals surface area contributed by atoms with Crippen LogP contribution in [0.5, 0.6) is 0 Å². The van der Waals surface area contributed by atoms with Gasteiger partial charge in [0.05, 0.1) is 13.2 Å². The maximum Gasteiger partial charge on any atom is 0.224 e. The molecular weight excluding hydrogens is 268 g/mol. The molecule has 1 unspecified atom stereocenters. The Labute approximate surface area is 125 Å². The van der Waals surface area contributed by atoms with E-state index >= 15 is 0 Å². The van der Waals surface area contributed by atoms with E-state index in [2.05, 4.69) is 34.0 Å². The van der Waals surface area contributed by atoms with Crippen LogP contribution in [0.15, 0.2) is 12.3 Å². The van der Waals surface area contributed by atoms with Crippen LogP contribution in [0.25, 0.3) is 0 Å². The third-order valence-corrected chi connectivity index (χ3v) is 4.29. The average Bonchev–Trinajstić information content (AvgIpc) is 2.96. The van der Waals surface area contributed by atoms with Crippen molar-refractivity contribution in [3.63, 3.8) is 0 Å². The number of ether oxygens (including phenoxy) is 2. The molecule has 2 fully saturated rings. The number of hydrogen-bond acceptors (Lipinski definition) is 6. The fraction of sp³-hybridized carbons (Fsp3) is 0.733. The van der Waals surface area contributed by atoms with Crippen molar-refractivity contribution in [2.75, 3.05) is 36.5 Å². The largest absolute Gasteiger partial charge is 0.356 e. The Morgan fingerprint density at radius 2 is 2.05 bits per heavy atom. The quantitative estimate of drug-likeness (QED) is 0.916. The normalized spacial score (nSPS) is 22.5. The van der Waals surface area contributed by atoms with Crippen LogP contribution in [0.3, 0.4) is 0 Å². The Morgan fingerprint density at radius 3 is 2.71 bits per heavy atom. The van der Waals surface area contributed by atoms with E-state index in [1.165, 1.54) is 0 Å². The molecule has 0 amide bonds. The zero-order chi connectivity index (χ0) is 14.7. The Bertz CT molecular complexity index is 466. The van der Waals surface area contributed by atoms with Crippen molar-refractivity contribution in [3.8, 4) is 0 Å². The first-order valence-electron chi connectivity index (χ1n) is 7.83. The Kier molecular flexibility index (Phi) is 4.26. The maximum absolute atomic E-state index is 5.76. The van der Waals surface area contributed by atoms with Gasteiger partial charge in [0.2, 0.25) is 5.95 Å². The van der Waals surface area contributed by atoms with Gasteiger partial charge in [0.25, 0.3) is 0 Å². The summed E-state index contributed by atoms with van der Waals surface area (Å²) < 4.78 is 11.5. The lowest BCUT2D eigenvalue weighted by Gasteiger charge is -2.38. The van der Waals surface area contributed by atoms with E-state index < -0.39 is 0 Å². The third kappa shape index (κ3) is 3.27. The average molecular weight is 292 g/mol. The molecule has 1 aromatic heterocycles. The van der Waals surface area contributed by atoms with E-state index in [1.807, 2.05) is 12.3 Å². The van der Waals surface area contributed by atoms with Crippen molar-refractivity contribution in [3.05, 3.63) is 12.3 Å². The van der Waals surface area contributed by atoms with Gasteiger partial charge in [-0.15, -0.1) is 0 Å². The van der Waals surface area contributed by atoms with Crippen molar-refractivity contribution in [1.82, 2.24) is 9.97 Å². The van der Waals surface area contributed by atoms with E-state index in [-0.39, 0.29) is 5.79 Å². The Balaban J connectivity index is 1.63. The molecule has 2 aliphatic heterocycles. The summed E-state index contributed by atoms with van der Waals surface area (Å²) in [7, 11) is 0. The maximum atomic E-state index is 5.76. The SMILES string of the molecule is CCC(C)Nc1nccc(N2CCC3(CC2)OCCO3)n1. The van der Waals surface area contributed by atoms with Crippen LogP contribution >= 0.6 is 0 Å². The molecule has 0 radical (unpaired) electrons. The van der Waals surface area contributed by atoms with Crippen LogP contribution in [0.2, 0.25) is 0 Å². The summed E-state index contributed by atoms with van der Waals surface area (Å²) in [6.45, 7) is 7.52. The number of nitrogens with zero attached hydrogens (tertiary/aromatic N) is 3. The smallest absolute Gasteiger partial charge is 0.224 e. The van der Waals surface area contributed by atoms with Crippen molar-refractivity contribution in [2.45, 2.75) is 44.9 Å². The van der Waals surface area contributed by atoms with Crippen molar-refractivity contribution in [1.29, 1.82) is 0 Å². The first-order chi connectivity index (χ1) is 10.2. The number of rotatable bonds is 4. The number of hydrogen-bond donors (Lipinski definition) is 1. The highest BCUT2D eigenvalue weighted by atomic mass is 16.7. The molecular formula is C15H24N4O2. The molecule has 6 heteroatoms. The van der Waals surface area contributed by atoms with Crippen molar-refractivity contribution in [2.24, 2.45) is 0 Å². The Hall–Kier alpha value is -1.40. The molecule has 116 valence electrons. The predicted molar refractivity (Wildman–Crippen MR) is 81.5 cm³/mol. The lowest BCUT2D eigenvalue weighted by atomic mass is 10.0. The van der Waals surface area contributed by atoms with E-state index in [4.69, 9.17) is 9.47 Å². The number of anilines is 2. The molecule has 1 spiro atoms. The first kappa shape index (κ1) is 14.5. The zero-order valence-electron chi connectivity index (χ0n) is 12.8. The van der Waals surface area contributed by atoms with Gasteiger partial charge < -0.3 is 19.7 Å². The highest BCUT2D eigenvalue weighted by Crippen LogP contribution is 2.32. The molecule has 0 bridgehead atoms. The van der Waals surface area contributed by atoms with Gasteiger partial charge in [-0.2, -0.15) is 4.98 Å². The fourth-order valence-electron chi connectivity index (χ4n) is 2.78. The van der Waals surface area contributed by atoms with Gasteiger partial charge in [-0.3, -0.25) is 0 Å². The van der Waals surface area contributed by atoms with Gasteiger partial charge in [0.1, 0.15) is 5.82 Å². The van der Waals surface area contributed by atoms with Crippen LogP contribution in [0.4, 0.5) is 11.8 Å².